The number of Topliss-reactive ketones (excluding diaryl/α,β-unsaturated/α-hetero) is 1. The lowest BCUT2D eigenvalue weighted by atomic mass is 9.74. The maximum absolute atomic E-state index is 12.9. The molecule has 1 aromatic carbocycles. The van der Waals surface area contributed by atoms with E-state index in [1.54, 1.807) is 20.9 Å². The van der Waals surface area contributed by atoms with Gasteiger partial charge in [-0.15, -0.1) is 0 Å². The van der Waals surface area contributed by atoms with Crippen LogP contribution in [0.2, 0.25) is 0 Å². The van der Waals surface area contributed by atoms with Crippen molar-refractivity contribution >= 4 is 22.2 Å². The second-order valence-electron chi connectivity index (χ2n) is 5.98. The zero-order valence-electron chi connectivity index (χ0n) is 13.6. The number of aliphatic hydroxyl groups is 1. The topological polar surface area (TPSA) is 112 Å². The van der Waals surface area contributed by atoms with Crippen LogP contribution in [0.1, 0.15) is 18.1 Å². The molecule has 2 rings (SSSR count). The van der Waals surface area contributed by atoms with Crippen LogP contribution in [0, 0.1) is 12.8 Å². The molecule has 1 aliphatic rings. The summed E-state index contributed by atoms with van der Waals surface area (Å²) in [5.41, 5.74) is -0.0333. The lowest BCUT2D eigenvalue weighted by molar-refractivity contribution is -0.136. The number of ketones is 1. The van der Waals surface area contributed by atoms with E-state index in [1.807, 2.05) is 0 Å². The molecule has 0 aromatic heterocycles. The number of aryl methyl sites for hydroxylation is 1. The van der Waals surface area contributed by atoms with Crippen molar-refractivity contribution in [1.82, 2.24) is 4.90 Å². The van der Waals surface area contributed by atoms with Gasteiger partial charge in [0.25, 0.3) is 10.1 Å². The summed E-state index contributed by atoms with van der Waals surface area (Å²) in [5, 5.41) is 9.36. The van der Waals surface area contributed by atoms with Gasteiger partial charge in [0, 0.05) is 13.2 Å². The van der Waals surface area contributed by atoms with Crippen LogP contribution in [0.15, 0.2) is 34.9 Å². The average Bonchev–Trinajstić information content (AvgIpc) is 2.51. The van der Waals surface area contributed by atoms with Gasteiger partial charge in [0.1, 0.15) is 17.7 Å². The van der Waals surface area contributed by atoms with Crippen LogP contribution in [-0.4, -0.2) is 48.7 Å². The Kier molecular flexibility index (Phi) is 4.67. The molecule has 0 amide bonds. The van der Waals surface area contributed by atoms with E-state index < -0.39 is 34.0 Å². The average molecular weight is 353 g/mol. The van der Waals surface area contributed by atoms with E-state index in [4.69, 9.17) is 0 Å². The van der Waals surface area contributed by atoms with E-state index in [2.05, 4.69) is 0 Å². The number of aliphatic hydroxyl groups excluding tert-OH is 1. The van der Waals surface area contributed by atoms with E-state index >= 15 is 0 Å². The Bertz CT molecular complexity index is 829. The molecular weight excluding hydrogens is 334 g/mol. The highest BCUT2D eigenvalue weighted by Crippen LogP contribution is 2.39. The molecule has 1 aliphatic heterocycles. The number of aldehydes is 1. The summed E-state index contributed by atoms with van der Waals surface area (Å²) in [6.07, 6.45) is 1.98. The highest BCUT2D eigenvalue weighted by Gasteiger charge is 2.47. The number of hydrogen-bond acceptors (Lipinski definition) is 6. The predicted molar refractivity (Wildman–Crippen MR) is 85.8 cm³/mol. The Balaban J connectivity index is 2.72. The van der Waals surface area contributed by atoms with Crippen molar-refractivity contribution in [3.05, 3.63) is 41.1 Å². The largest absolute Gasteiger partial charge is 0.392 e. The number of likely N-dealkylation sites (N-methyl/N-ethyl adjacent to an activating group) is 1. The Hall–Kier alpha value is -2.03. The summed E-state index contributed by atoms with van der Waals surface area (Å²) in [4.78, 5) is 25.5. The highest BCUT2D eigenvalue weighted by molar-refractivity contribution is 7.85. The Morgan fingerprint density at radius 1 is 1.38 bits per heavy atom. The van der Waals surface area contributed by atoms with Gasteiger partial charge in [-0.25, -0.2) is 0 Å². The molecule has 8 heteroatoms. The summed E-state index contributed by atoms with van der Waals surface area (Å²) in [6.45, 7) is 2.85. The van der Waals surface area contributed by atoms with Gasteiger partial charge in [0.15, 0.2) is 5.78 Å². The van der Waals surface area contributed by atoms with Crippen LogP contribution >= 0.6 is 0 Å². The van der Waals surface area contributed by atoms with Gasteiger partial charge in [0.05, 0.1) is 11.5 Å². The summed E-state index contributed by atoms with van der Waals surface area (Å²) in [7, 11) is -2.83. The van der Waals surface area contributed by atoms with Crippen molar-refractivity contribution in [1.29, 1.82) is 0 Å². The minimum absolute atomic E-state index is 0.276. The Labute approximate surface area is 140 Å². The predicted octanol–water partition coefficient (Wildman–Crippen LogP) is 0.663. The first kappa shape index (κ1) is 18.3. The van der Waals surface area contributed by atoms with E-state index in [9.17, 15) is 27.7 Å². The van der Waals surface area contributed by atoms with Gasteiger partial charge in [-0.3, -0.25) is 9.35 Å². The van der Waals surface area contributed by atoms with E-state index in [-0.39, 0.29) is 10.5 Å². The first-order chi connectivity index (χ1) is 11.1. The summed E-state index contributed by atoms with van der Waals surface area (Å²) >= 11 is 0. The number of carbonyl (C=O) groups is 2. The lowest BCUT2D eigenvalue weighted by Gasteiger charge is -2.43. The van der Waals surface area contributed by atoms with Crippen LogP contribution in [-0.2, 0) is 25.2 Å². The third-order valence-corrected chi connectivity index (χ3v) is 5.43. The molecule has 1 heterocycles. The summed E-state index contributed by atoms with van der Waals surface area (Å²) < 4.78 is 32.1. The normalized spacial score (nSPS) is 24.7. The molecule has 7 nitrogen and oxygen atoms in total. The van der Waals surface area contributed by atoms with Crippen LogP contribution in [0.4, 0.5) is 0 Å². The van der Waals surface area contributed by atoms with Crippen molar-refractivity contribution in [3.8, 4) is 0 Å². The van der Waals surface area contributed by atoms with E-state index in [0.29, 0.717) is 17.4 Å². The molecule has 2 atom stereocenters. The molecular formula is C16H19NO6S. The van der Waals surface area contributed by atoms with Crippen molar-refractivity contribution in [3.63, 3.8) is 0 Å². The molecule has 1 aromatic rings. The van der Waals surface area contributed by atoms with Gasteiger partial charge < -0.3 is 14.8 Å². The first-order valence-corrected chi connectivity index (χ1v) is 8.64. The minimum Gasteiger partial charge on any atom is -0.392 e. The van der Waals surface area contributed by atoms with Crippen molar-refractivity contribution in [2.75, 3.05) is 13.7 Å². The van der Waals surface area contributed by atoms with Gasteiger partial charge in [0.2, 0.25) is 0 Å². The highest BCUT2D eigenvalue weighted by atomic mass is 32.2. The zero-order valence-corrected chi connectivity index (χ0v) is 14.4. The van der Waals surface area contributed by atoms with Crippen LogP contribution < -0.4 is 0 Å². The zero-order chi connectivity index (χ0) is 18.3. The molecule has 2 N–H and O–H groups in total. The van der Waals surface area contributed by atoms with Crippen molar-refractivity contribution in [2.45, 2.75) is 24.3 Å². The monoisotopic (exact) mass is 353 g/mol. The standard InChI is InChI=1S/C16H19NO6S/c1-10-4-5-12(24(21,22)23)6-14(10)16(2)15(20)13(9-19)11(8-18)7-17(16)3/h4-7,9,13,18H,8H2,1-3H3,(H,21,22,23). The number of carbonyl (C=O) groups excluding carboxylic acids is 2. The number of hydrogen-bond donors (Lipinski definition) is 2. The van der Waals surface area contributed by atoms with Gasteiger partial charge in [-0.05, 0) is 42.7 Å². The molecule has 24 heavy (non-hydrogen) atoms. The number of rotatable bonds is 4. The Morgan fingerprint density at radius 3 is 2.50 bits per heavy atom. The van der Waals surface area contributed by atoms with E-state index in [0.717, 1.165) is 0 Å². The van der Waals surface area contributed by atoms with Crippen LogP contribution in [0.5, 0.6) is 0 Å². The number of nitrogens with zero attached hydrogens (tertiary/aromatic N) is 1. The smallest absolute Gasteiger partial charge is 0.294 e. The minimum atomic E-state index is -4.43. The molecule has 0 spiro atoms. The van der Waals surface area contributed by atoms with Gasteiger partial charge in [-0.2, -0.15) is 8.42 Å². The quantitative estimate of drug-likeness (QED) is 0.464. The van der Waals surface area contributed by atoms with Crippen molar-refractivity contribution in [2.24, 2.45) is 5.92 Å². The SMILES string of the molecule is Cc1ccc(S(=O)(=O)O)cc1C1(C)C(=O)C(C=O)C(CO)=CN1C. The molecule has 0 saturated carbocycles. The molecule has 0 saturated heterocycles. The third kappa shape index (κ3) is 2.77. The maximum atomic E-state index is 12.9. The van der Waals surface area contributed by atoms with Gasteiger partial charge in [-0.1, -0.05) is 6.07 Å². The second kappa shape index (κ2) is 6.12. The fraction of sp³-hybridized carbons (Fsp3) is 0.375. The van der Waals surface area contributed by atoms with Crippen LogP contribution in [0.25, 0.3) is 0 Å². The molecule has 2 unspecified atom stereocenters. The maximum Gasteiger partial charge on any atom is 0.294 e. The molecule has 0 aliphatic carbocycles. The Morgan fingerprint density at radius 2 is 2.00 bits per heavy atom. The van der Waals surface area contributed by atoms with Crippen LogP contribution in [0.3, 0.4) is 0 Å². The van der Waals surface area contributed by atoms with E-state index in [1.165, 1.54) is 29.3 Å². The summed E-state index contributed by atoms with van der Waals surface area (Å²) in [6, 6.07) is 3.97. The third-order valence-electron chi connectivity index (χ3n) is 4.58. The fourth-order valence-electron chi connectivity index (χ4n) is 3.00. The number of benzene rings is 1. The molecule has 0 radical (unpaired) electrons. The molecule has 0 bridgehead atoms. The van der Waals surface area contributed by atoms with Crippen molar-refractivity contribution < 1.29 is 27.7 Å². The second-order valence-corrected chi connectivity index (χ2v) is 7.40. The summed E-state index contributed by atoms with van der Waals surface area (Å²) in [5.74, 6) is -1.58. The van der Waals surface area contributed by atoms with Gasteiger partial charge >= 0.3 is 0 Å². The molecule has 0 fully saturated rings. The lowest BCUT2D eigenvalue weighted by Crippen LogP contribution is -2.52. The first-order valence-electron chi connectivity index (χ1n) is 7.20. The molecule has 130 valence electrons. The fourth-order valence-corrected chi connectivity index (χ4v) is 3.51.